The van der Waals surface area contributed by atoms with E-state index in [1.807, 2.05) is 60.7 Å². The molecule has 0 spiro atoms. The van der Waals surface area contributed by atoms with Crippen molar-refractivity contribution >= 4 is 28.9 Å². The predicted molar refractivity (Wildman–Crippen MR) is 118 cm³/mol. The molecule has 3 N–H and O–H groups in total. The first kappa shape index (κ1) is 19.1. The summed E-state index contributed by atoms with van der Waals surface area (Å²) in [6, 6.07) is 26.6. The number of H-pyrrole nitrogens is 1. The zero-order chi connectivity index (χ0) is 20.8. The first-order chi connectivity index (χ1) is 14.7. The quantitative estimate of drug-likeness (QED) is 0.343. The Morgan fingerprint density at radius 2 is 1.53 bits per heavy atom. The molecule has 4 aromatic rings. The Labute approximate surface area is 173 Å². The van der Waals surface area contributed by atoms with E-state index in [4.69, 9.17) is 0 Å². The molecule has 4 rings (SSSR count). The van der Waals surface area contributed by atoms with Crippen LogP contribution in [0, 0.1) is 0 Å². The van der Waals surface area contributed by atoms with Crippen LogP contribution in [0.2, 0.25) is 0 Å². The molecule has 0 aliphatic carbocycles. The topological polar surface area (TPSA) is 86.3 Å². The summed E-state index contributed by atoms with van der Waals surface area (Å²) in [6.07, 6.45) is 1.62. The number of aromatic nitrogens is 1. The van der Waals surface area contributed by atoms with Crippen LogP contribution in [0.3, 0.4) is 0 Å². The highest BCUT2D eigenvalue weighted by molar-refractivity contribution is 6.06. The Kier molecular flexibility index (Phi) is 5.66. The first-order valence-corrected chi connectivity index (χ1v) is 9.53. The molecule has 0 bridgehead atoms. The summed E-state index contributed by atoms with van der Waals surface area (Å²) >= 11 is 0. The fourth-order valence-corrected chi connectivity index (χ4v) is 3.19. The largest absolute Gasteiger partial charge is 0.354 e. The molecular weight excluding hydrogens is 376 g/mol. The third-order valence-corrected chi connectivity index (χ3v) is 4.64. The van der Waals surface area contributed by atoms with E-state index in [9.17, 15) is 9.59 Å². The second-order valence-corrected chi connectivity index (χ2v) is 6.67. The van der Waals surface area contributed by atoms with E-state index >= 15 is 0 Å². The van der Waals surface area contributed by atoms with Crippen LogP contribution < -0.4 is 10.7 Å². The third-order valence-electron chi connectivity index (χ3n) is 4.64. The van der Waals surface area contributed by atoms with Crippen LogP contribution in [-0.2, 0) is 4.79 Å². The number of hydrazone groups is 1. The van der Waals surface area contributed by atoms with Gasteiger partial charge >= 0.3 is 0 Å². The standard InChI is InChI=1S/C24H20N4O2/c29-22(16-25-24(30)18-11-5-2-6-12-18)28-26-15-20-19-13-7-8-14-21(19)27-23(20)17-9-3-1-4-10-17/h1-15,27H,16H2,(H,25,30)(H,28,29)/b26-15+. The van der Waals surface area contributed by atoms with Crippen molar-refractivity contribution in [3.63, 3.8) is 0 Å². The molecule has 0 atom stereocenters. The van der Waals surface area contributed by atoms with Crippen LogP contribution in [0.5, 0.6) is 0 Å². The molecule has 0 unspecified atom stereocenters. The fourth-order valence-electron chi connectivity index (χ4n) is 3.19. The SMILES string of the molecule is O=C(CNC(=O)c1ccccc1)N/N=C/c1c(-c2ccccc2)[nH]c2ccccc12. The zero-order valence-electron chi connectivity index (χ0n) is 16.1. The summed E-state index contributed by atoms with van der Waals surface area (Å²) in [7, 11) is 0. The van der Waals surface area contributed by atoms with Gasteiger partial charge in [-0.05, 0) is 23.8 Å². The lowest BCUT2D eigenvalue weighted by Crippen LogP contribution is -2.34. The van der Waals surface area contributed by atoms with E-state index in [0.717, 1.165) is 27.7 Å². The fraction of sp³-hybridized carbons (Fsp3) is 0.0417. The molecule has 6 nitrogen and oxygen atoms in total. The Balaban J connectivity index is 1.46. The van der Waals surface area contributed by atoms with Crippen molar-refractivity contribution in [3.8, 4) is 11.3 Å². The number of carbonyl (C=O) groups is 2. The number of aromatic amines is 1. The summed E-state index contributed by atoms with van der Waals surface area (Å²) in [5.41, 5.74) is 6.79. The number of nitrogens with one attached hydrogen (secondary N) is 3. The normalized spacial score (nSPS) is 10.9. The van der Waals surface area contributed by atoms with Crippen LogP contribution in [0.15, 0.2) is 90.0 Å². The Hall–Kier alpha value is -4.19. The molecule has 1 aromatic heterocycles. The maximum absolute atomic E-state index is 12.1. The zero-order valence-corrected chi connectivity index (χ0v) is 16.1. The summed E-state index contributed by atoms with van der Waals surface area (Å²) in [4.78, 5) is 27.5. The highest BCUT2D eigenvalue weighted by Gasteiger charge is 2.11. The number of hydrogen-bond acceptors (Lipinski definition) is 3. The van der Waals surface area contributed by atoms with Crippen molar-refractivity contribution in [2.75, 3.05) is 6.54 Å². The summed E-state index contributed by atoms with van der Waals surface area (Å²) < 4.78 is 0. The molecular formula is C24H20N4O2. The third kappa shape index (κ3) is 4.28. The Morgan fingerprint density at radius 1 is 0.867 bits per heavy atom. The molecule has 0 saturated carbocycles. The van der Waals surface area contributed by atoms with Gasteiger partial charge in [-0.3, -0.25) is 9.59 Å². The average molecular weight is 396 g/mol. The van der Waals surface area contributed by atoms with Gasteiger partial charge in [0.05, 0.1) is 18.5 Å². The van der Waals surface area contributed by atoms with E-state index < -0.39 is 5.91 Å². The second kappa shape index (κ2) is 8.87. The lowest BCUT2D eigenvalue weighted by Gasteiger charge is -2.04. The van der Waals surface area contributed by atoms with Gasteiger partial charge in [0.1, 0.15) is 0 Å². The van der Waals surface area contributed by atoms with Crippen LogP contribution in [0.1, 0.15) is 15.9 Å². The average Bonchev–Trinajstić information content (AvgIpc) is 3.17. The predicted octanol–water partition coefficient (Wildman–Crippen LogP) is 3.72. The number of para-hydroxylation sites is 1. The smallest absolute Gasteiger partial charge is 0.259 e. The van der Waals surface area contributed by atoms with Gasteiger partial charge in [-0.1, -0.05) is 66.7 Å². The molecule has 0 aliphatic heterocycles. The lowest BCUT2D eigenvalue weighted by atomic mass is 10.1. The van der Waals surface area contributed by atoms with Gasteiger partial charge in [0.15, 0.2) is 0 Å². The lowest BCUT2D eigenvalue weighted by molar-refractivity contribution is -0.120. The number of rotatable bonds is 6. The molecule has 0 radical (unpaired) electrons. The Morgan fingerprint density at radius 3 is 2.30 bits per heavy atom. The van der Waals surface area contributed by atoms with E-state index in [2.05, 4.69) is 20.8 Å². The van der Waals surface area contributed by atoms with E-state index in [1.54, 1.807) is 30.5 Å². The monoisotopic (exact) mass is 396 g/mol. The van der Waals surface area contributed by atoms with Gasteiger partial charge < -0.3 is 10.3 Å². The van der Waals surface area contributed by atoms with E-state index in [0.29, 0.717) is 5.56 Å². The summed E-state index contributed by atoms with van der Waals surface area (Å²) in [5.74, 6) is -0.714. The van der Waals surface area contributed by atoms with Crippen LogP contribution in [0.25, 0.3) is 22.2 Å². The molecule has 1 heterocycles. The first-order valence-electron chi connectivity index (χ1n) is 9.53. The van der Waals surface area contributed by atoms with E-state index in [1.165, 1.54) is 0 Å². The molecule has 0 saturated heterocycles. The Bertz CT molecular complexity index is 1200. The van der Waals surface area contributed by atoms with Gasteiger partial charge in [0.25, 0.3) is 11.8 Å². The number of fused-ring (bicyclic) bond motifs is 1. The minimum absolute atomic E-state index is 0.162. The van der Waals surface area contributed by atoms with Crippen molar-refractivity contribution < 1.29 is 9.59 Å². The maximum atomic E-state index is 12.1. The molecule has 148 valence electrons. The molecule has 2 amide bonds. The summed E-state index contributed by atoms with van der Waals surface area (Å²) in [6.45, 7) is -0.162. The molecule has 30 heavy (non-hydrogen) atoms. The number of carbonyl (C=O) groups excluding carboxylic acids is 2. The highest BCUT2D eigenvalue weighted by atomic mass is 16.2. The number of amides is 2. The van der Waals surface area contributed by atoms with Crippen molar-refractivity contribution in [1.29, 1.82) is 0 Å². The van der Waals surface area contributed by atoms with Gasteiger partial charge in [0, 0.05) is 22.0 Å². The maximum Gasteiger partial charge on any atom is 0.259 e. The van der Waals surface area contributed by atoms with Crippen LogP contribution >= 0.6 is 0 Å². The highest BCUT2D eigenvalue weighted by Crippen LogP contribution is 2.28. The van der Waals surface area contributed by atoms with Gasteiger partial charge in [-0.15, -0.1) is 0 Å². The van der Waals surface area contributed by atoms with Gasteiger partial charge in [-0.25, -0.2) is 5.43 Å². The molecule has 3 aromatic carbocycles. The minimum Gasteiger partial charge on any atom is -0.354 e. The van der Waals surface area contributed by atoms with E-state index in [-0.39, 0.29) is 12.5 Å². The van der Waals surface area contributed by atoms with Crippen LogP contribution in [0.4, 0.5) is 0 Å². The second-order valence-electron chi connectivity index (χ2n) is 6.67. The summed E-state index contributed by atoms with van der Waals surface area (Å²) in [5, 5.41) is 7.69. The van der Waals surface area contributed by atoms with Crippen molar-refractivity contribution in [3.05, 3.63) is 96.1 Å². The molecule has 0 aliphatic rings. The minimum atomic E-state index is -0.406. The van der Waals surface area contributed by atoms with Crippen LogP contribution in [-0.4, -0.2) is 29.6 Å². The van der Waals surface area contributed by atoms with Crippen molar-refractivity contribution in [2.45, 2.75) is 0 Å². The molecule has 6 heteroatoms. The molecule has 0 fully saturated rings. The van der Waals surface area contributed by atoms with Gasteiger partial charge in [0.2, 0.25) is 0 Å². The van der Waals surface area contributed by atoms with Gasteiger partial charge in [-0.2, -0.15) is 5.10 Å². The number of nitrogens with zero attached hydrogens (tertiary/aromatic N) is 1. The number of hydrogen-bond donors (Lipinski definition) is 3. The van der Waals surface area contributed by atoms with Crippen molar-refractivity contribution in [1.82, 2.24) is 15.7 Å². The van der Waals surface area contributed by atoms with Crippen molar-refractivity contribution in [2.24, 2.45) is 5.10 Å². The number of benzene rings is 3.